The van der Waals surface area contributed by atoms with Crippen molar-refractivity contribution in [3.8, 4) is 11.4 Å². The highest BCUT2D eigenvalue weighted by molar-refractivity contribution is 6.02. The second kappa shape index (κ2) is 8.93. The van der Waals surface area contributed by atoms with E-state index in [0.717, 1.165) is 36.2 Å². The molecule has 3 heterocycles. The topological polar surface area (TPSA) is 93.5 Å². The lowest BCUT2D eigenvalue weighted by Crippen LogP contribution is -2.40. The van der Waals surface area contributed by atoms with Gasteiger partial charge in [0.2, 0.25) is 0 Å². The molecule has 1 N–H and O–H groups in total. The van der Waals surface area contributed by atoms with Gasteiger partial charge in [0.1, 0.15) is 5.75 Å². The van der Waals surface area contributed by atoms with Crippen LogP contribution in [0.15, 0.2) is 48.5 Å². The van der Waals surface area contributed by atoms with Crippen molar-refractivity contribution in [2.45, 2.75) is 45.1 Å². The highest BCUT2D eigenvalue weighted by atomic mass is 16.5. The summed E-state index contributed by atoms with van der Waals surface area (Å²) in [6.45, 7) is 2.72. The summed E-state index contributed by atoms with van der Waals surface area (Å²) < 4.78 is 7.51. The number of aromatic nitrogens is 2. The Kier molecular flexibility index (Phi) is 5.59. The minimum absolute atomic E-state index is 0.0343. The van der Waals surface area contributed by atoms with Crippen LogP contribution < -0.4 is 10.1 Å². The van der Waals surface area contributed by atoms with E-state index in [1.54, 1.807) is 25.1 Å². The van der Waals surface area contributed by atoms with E-state index in [-0.39, 0.29) is 23.5 Å². The number of carbonyl (C=O) groups is 3. The number of benzene rings is 2. The largest absolute Gasteiger partial charge is 0.479 e. The van der Waals surface area contributed by atoms with E-state index >= 15 is 0 Å². The molecular formula is C28H28N4O4. The molecule has 2 amide bonds. The van der Waals surface area contributed by atoms with Gasteiger partial charge in [-0.15, -0.1) is 0 Å². The number of amides is 2. The van der Waals surface area contributed by atoms with E-state index in [1.807, 2.05) is 39.9 Å². The number of nitrogens with one attached hydrogen (secondary N) is 1. The molecule has 8 heteroatoms. The van der Waals surface area contributed by atoms with Crippen LogP contribution in [0.3, 0.4) is 0 Å². The summed E-state index contributed by atoms with van der Waals surface area (Å²) in [7, 11) is 0. The Bertz CT molecular complexity index is 1360. The summed E-state index contributed by atoms with van der Waals surface area (Å²) in [5.74, 6) is 0.170. The van der Waals surface area contributed by atoms with E-state index in [9.17, 15) is 14.4 Å². The SMILES string of the molecule is CC1Oc2ccc(C(=O)C3CCN(C(=O)c4nn(-c5ccccc5)c5c4CCC5)CC3)cc2NC1=O. The van der Waals surface area contributed by atoms with Crippen LogP contribution in [0.2, 0.25) is 0 Å². The smallest absolute Gasteiger partial charge is 0.274 e. The molecule has 3 aromatic rings. The minimum Gasteiger partial charge on any atom is -0.479 e. The molecule has 36 heavy (non-hydrogen) atoms. The molecule has 2 aromatic carbocycles. The number of rotatable bonds is 4. The van der Waals surface area contributed by atoms with Crippen LogP contribution in [0.1, 0.15) is 58.3 Å². The highest BCUT2D eigenvalue weighted by Crippen LogP contribution is 2.33. The molecule has 0 spiro atoms. The lowest BCUT2D eigenvalue weighted by atomic mass is 9.88. The molecular weight excluding hydrogens is 456 g/mol. The van der Waals surface area contributed by atoms with Gasteiger partial charge in [0, 0.05) is 35.8 Å². The normalized spacial score (nSPS) is 19.3. The Hall–Kier alpha value is -3.94. The Morgan fingerprint density at radius 1 is 1.06 bits per heavy atom. The molecule has 0 bridgehead atoms. The number of fused-ring (bicyclic) bond motifs is 2. The van der Waals surface area contributed by atoms with Crippen molar-refractivity contribution in [1.82, 2.24) is 14.7 Å². The van der Waals surface area contributed by atoms with Gasteiger partial charge in [-0.25, -0.2) is 4.68 Å². The van der Waals surface area contributed by atoms with Gasteiger partial charge in [0.25, 0.3) is 11.8 Å². The standard InChI is InChI=1S/C28H28N4O4/c1-17-27(34)29-22-16-19(10-11-24(22)36-17)26(33)18-12-14-31(15-13-18)28(35)25-21-8-5-9-23(21)32(30-25)20-6-3-2-4-7-20/h2-4,6-7,10-11,16-18H,5,8-9,12-15H2,1H3,(H,29,34). The predicted octanol–water partition coefficient (Wildman–Crippen LogP) is 3.82. The van der Waals surface area contributed by atoms with Gasteiger partial charge in [0.05, 0.1) is 11.4 Å². The maximum atomic E-state index is 13.5. The average Bonchev–Trinajstić information content (AvgIpc) is 3.52. The Balaban J connectivity index is 1.15. The lowest BCUT2D eigenvalue weighted by Gasteiger charge is -2.31. The number of carbonyl (C=O) groups excluding carboxylic acids is 3. The third-order valence-electron chi connectivity index (χ3n) is 7.48. The number of piperidine rings is 1. The van der Waals surface area contributed by atoms with E-state index in [4.69, 9.17) is 9.84 Å². The fourth-order valence-electron chi connectivity index (χ4n) is 5.48. The zero-order valence-electron chi connectivity index (χ0n) is 20.2. The molecule has 0 saturated carbocycles. The Morgan fingerprint density at radius 3 is 2.61 bits per heavy atom. The summed E-state index contributed by atoms with van der Waals surface area (Å²) in [4.78, 5) is 40.5. The molecule has 0 radical (unpaired) electrons. The first-order valence-corrected chi connectivity index (χ1v) is 12.6. The molecule has 1 unspecified atom stereocenters. The Labute approximate surface area is 209 Å². The summed E-state index contributed by atoms with van der Waals surface area (Å²) in [6, 6.07) is 15.1. The molecule has 3 aliphatic rings. The summed E-state index contributed by atoms with van der Waals surface area (Å²) in [5, 5.41) is 7.55. The van der Waals surface area contributed by atoms with Crippen molar-refractivity contribution in [3.63, 3.8) is 0 Å². The fourth-order valence-corrected chi connectivity index (χ4v) is 5.48. The number of ether oxygens (including phenoxy) is 1. The van der Waals surface area contributed by atoms with Gasteiger partial charge < -0.3 is 15.0 Å². The molecule has 6 rings (SSSR count). The number of ketones is 1. The van der Waals surface area contributed by atoms with Crippen LogP contribution in [-0.4, -0.2) is 51.5 Å². The third kappa shape index (κ3) is 3.86. The second-order valence-electron chi connectivity index (χ2n) is 9.77. The van der Waals surface area contributed by atoms with Gasteiger partial charge >= 0.3 is 0 Å². The zero-order valence-corrected chi connectivity index (χ0v) is 20.2. The number of hydrogen-bond acceptors (Lipinski definition) is 5. The van der Waals surface area contributed by atoms with E-state index in [1.165, 1.54) is 0 Å². The highest BCUT2D eigenvalue weighted by Gasteiger charge is 2.33. The molecule has 1 fully saturated rings. The quantitative estimate of drug-likeness (QED) is 0.569. The summed E-state index contributed by atoms with van der Waals surface area (Å²) in [6.07, 6.45) is 3.47. The number of para-hydroxylation sites is 1. The van der Waals surface area contributed by atoms with E-state index in [0.29, 0.717) is 48.6 Å². The number of nitrogens with zero attached hydrogens (tertiary/aromatic N) is 3. The van der Waals surface area contributed by atoms with Crippen molar-refractivity contribution >= 4 is 23.3 Å². The molecule has 1 aromatic heterocycles. The maximum absolute atomic E-state index is 13.5. The molecule has 184 valence electrons. The number of Topliss-reactive ketones (excluding diaryl/α,β-unsaturated/α-hetero) is 1. The average molecular weight is 485 g/mol. The van der Waals surface area contributed by atoms with Crippen LogP contribution in [0.4, 0.5) is 5.69 Å². The number of hydrogen-bond donors (Lipinski definition) is 1. The number of anilines is 1. The molecule has 2 aliphatic heterocycles. The molecule has 1 aliphatic carbocycles. The summed E-state index contributed by atoms with van der Waals surface area (Å²) in [5.41, 5.74) is 4.80. The van der Waals surface area contributed by atoms with Gasteiger partial charge in [-0.3, -0.25) is 14.4 Å². The zero-order chi connectivity index (χ0) is 24.8. The van der Waals surface area contributed by atoms with Gasteiger partial charge in [-0.2, -0.15) is 5.10 Å². The van der Waals surface area contributed by atoms with Crippen molar-refractivity contribution < 1.29 is 19.1 Å². The first-order chi connectivity index (χ1) is 17.5. The first kappa shape index (κ1) is 22.5. The van der Waals surface area contributed by atoms with Crippen LogP contribution in [0.5, 0.6) is 5.75 Å². The minimum atomic E-state index is -0.554. The lowest BCUT2D eigenvalue weighted by molar-refractivity contribution is -0.122. The monoisotopic (exact) mass is 484 g/mol. The Morgan fingerprint density at radius 2 is 1.83 bits per heavy atom. The van der Waals surface area contributed by atoms with E-state index < -0.39 is 6.10 Å². The second-order valence-corrected chi connectivity index (χ2v) is 9.77. The summed E-state index contributed by atoms with van der Waals surface area (Å²) >= 11 is 0. The first-order valence-electron chi connectivity index (χ1n) is 12.6. The number of likely N-dealkylation sites (tertiary alicyclic amines) is 1. The van der Waals surface area contributed by atoms with Gasteiger partial charge in [-0.1, -0.05) is 18.2 Å². The van der Waals surface area contributed by atoms with Crippen LogP contribution >= 0.6 is 0 Å². The third-order valence-corrected chi connectivity index (χ3v) is 7.48. The van der Waals surface area contributed by atoms with Gasteiger partial charge in [0.15, 0.2) is 17.6 Å². The fraction of sp³-hybridized carbons (Fsp3) is 0.357. The van der Waals surface area contributed by atoms with Crippen molar-refractivity contribution in [3.05, 3.63) is 71.0 Å². The molecule has 1 atom stereocenters. The maximum Gasteiger partial charge on any atom is 0.274 e. The van der Waals surface area contributed by atoms with Crippen LogP contribution in [0, 0.1) is 5.92 Å². The molecule has 8 nitrogen and oxygen atoms in total. The van der Waals surface area contributed by atoms with Crippen molar-refractivity contribution in [1.29, 1.82) is 0 Å². The van der Waals surface area contributed by atoms with E-state index in [2.05, 4.69) is 5.32 Å². The van der Waals surface area contributed by atoms with Crippen molar-refractivity contribution in [2.75, 3.05) is 18.4 Å². The van der Waals surface area contributed by atoms with Crippen LogP contribution in [0.25, 0.3) is 5.69 Å². The molecule has 1 saturated heterocycles. The van der Waals surface area contributed by atoms with Crippen molar-refractivity contribution in [2.24, 2.45) is 5.92 Å². The van der Waals surface area contributed by atoms with Gasteiger partial charge in [-0.05, 0) is 69.4 Å². The van der Waals surface area contributed by atoms with Crippen LogP contribution in [-0.2, 0) is 17.6 Å². The predicted molar refractivity (Wildman–Crippen MR) is 134 cm³/mol.